The molecule has 0 aliphatic heterocycles. The summed E-state index contributed by atoms with van der Waals surface area (Å²) < 4.78 is 0. The van der Waals surface area contributed by atoms with Gasteiger partial charge in [-0.05, 0) is 25.1 Å². The molecule has 0 atom stereocenters. The van der Waals surface area contributed by atoms with E-state index in [4.69, 9.17) is 0 Å². The molecule has 0 spiro atoms. The maximum absolute atomic E-state index is 4.33. The molecule has 0 radical (unpaired) electrons. The monoisotopic (exact) mass is 242 g/mol. The Balaban J connectivity index is 2.08. The van der Waals surface area contributed by atoms with Crippen molar-refractivity contribution in [1.29, 1.82) is 0 Å². The SMILES string of the molecule is CCNc1cc(N(C)Cc2ccccn2)ccn1. The van der Waals surface area contributed by atoms with Crippen LogP contribution < -0.4 is 10.2 Å². The van der Waals surface area contributed by atoms with E-state index in [9.17, 15) is 0 Å². The van der Waals surface area contributed by atoms with Gasteiger partial charge in [0.25, 0.3) is 0 Å². The van der Waals surface area contributed by atoms with Gasteiger partial charge in [-0.25, -0.2) is 4.98 Å². The fraction of sp³-hybridized carbons (Fsp3) is 0.286. The van der Waals surface area contributed by atoms with Crippen LogP contribution in [0.4, 0.5) is 11.5 Å². The molecule has 2 aromatic rings. The van der Waals surface area contributed by atoms with Gasteiger partial charge in [-0.2, -0.15) is 0 Å². The van der Waals surface area contributed by atoms with Crippen LogP contribution in [0.1, 0.15) is 12.6 Å². The molecule has 18 heavy (non-hydrogen) atoms. The number of aromatic nitrogens is 2. The van der Waals surface area contributed by atoms with Crippen molar-refractivity contribution in [3.05, 3.63) is 48.4 Å². The van der Waals surface area contributed by atoms with Gasteiger partial charge in [-0.3, -0.25) is 4.98 Å². The van der Waals surface area contributed by atoms with E-state index < -0.39 is 0 Å². The number of pyridine rings is 2. The summed E-state index contributed by atoms with van der Waals surface area (Å²) in [5.41, 5.74) is 2.19. The second kappa shape index (κ2) is 6.00. The Morgan fingerprint density at radius 2 is 2.06 bits per heavy atom. The number of nitrogens with zero attached hydrogens (tertiary/aromatic N) is 3. The minimum atomic E-state index is 0.788. The van der Waals surface area contributed by atoms with Gasteiger partial charge in [0.05, 0.1) is 12.2 Å². The van der Waals surface area contributed by atoms with Crippen molar-refractivity contribution in [2.24, 2.45) is 0 Å². The highest BCUT2D eigenvalue weighted by atomic mass is 15.1. The summed E-state index contributed by atoms with van der Waals surface area (Å²) in [6, 6.07) is 10.0. The molecule has 0 aliphatic rings. The molecule has 0 bridgehead atoms. The molecule has 0 amide bonds. The lowest BCUT2D eigenvalue weighted by molar-refractivity contribution is 0.883. The Labute approximate surface area is 108 Å². The van der Waals surface area contributed by atoms with Crippen LogP contribution in [0.15, 0.2) is 42.7 Å². The third kappa shape index (κ3) is 3.20. The summed E-state index contributed by atoms with van der Waals surface area (Å²) in [6.07, 6.45) is 3.64. The molecule has 0 unspecified atom stereocenters. The summed E-state index contributed by atoms with van der Waals surface area (Å²) in [5.74, 6) is 0.905. The molecule has 0 aliphatic carbocycles. The first kappa shape index (κ1) is 12.4. The van der Waals surface area contributed by atoms with Crippen LogP contribution in [0.5, 0.6) is 0 Å². The first-order valence-electron chi connectivity index (χ1n) is 6.10. The van der Waals surface area contributed by atoms with Crippen molar-refractivity contribution in [3.63, 3.8) is 0 Å². The summed E-state index contributed by atoms with van der Waals surface area (Å²) in [5, 5.41) is 3.21. The highest BCUT2D eigenvalue weighted by Gasteiger charge is 2.04. The van der Waals surface area contributed by atoms with Crippen molar-refractivity contribution < 1.29 is 0 Å². The molecule has 2 heterocycles. The molecular weight excluding hydrogens is 224 g/mol. The molecule has 0 saturated heterocycles. The Morgan fingerprint density at radius 3 is 2.78 bits per heavy atom. The molecule has 4 nitrogen and oxygen atoms in total. The number of hydrogen-bond acceptors (Lipinski definition) is 4. The van der Waals surface area contributed by atoms with Crippen molar-refractivity contribution >= 4 is 11.5 Å². The van der Waals surface area contributed by atoms with Gasteiger partial charge in [-0.15, -0.1) is 0 Å². The quantitative estimate of drug-likeness (QED) is 0.874. The zero-order chi connectivity index (χ0) is 12.8. The van der Waals surface area contributed by atoms with E-state index in [2.05, 4.69) is 34.2 Å². The minimum absolute atomic E-state index is 0.788. The van der Waals surface area contributed by atoms with Gasteiger partial charge in [0.15, 0.2) is 0 Å². The molecular formula is C14H18N4. The molecule has 94 valence electrons. The van der Waals surface area contributed by atoms with E-state index in [1.807, 2.05) is 42.7 Å². The summed E-state index contributed by atoms with van der Waals surface area (Å²) >= 11 is 0. The molecule has 1 N–H and O–H groups in total. The van der Waals surface area contributed by atoms with Gasteiger partial charge in [-0.1, -0.05) is 6.07 Å². The molecule has 0 aromatic carbocycles. The van der Waals surface area contributed by atoms with Crippen molar-refractivity contribution in [2.75, 3.05) is 23.8 Å². The second-order valence-corrected chi connectivity index (χ2v) is 4.11. The average Bonchev–Trinajstić information content (AvgIpc) is 2.40. The van der Waals surface area contributed by atoms with Crippen molar-refractivity contribution in [2.45, 2.75) is 13.5 Å². The number of nitrogens with one attached hydrogen (secondary N) is 1. The van der Waals surface area contributed by atoms with E-state index in [1.165, 1.54) is 0 Å². The second-order valence-electron chi connectivity index (χ2n) is 4.11. The Hall–Kier alpha value is -2.10. The largest absolute Gasteiger partial charge is 0.370 e. The van der Waals surface area contributed by atoms with Crippen LogP contribution in [-0.4, -0.2) is 23.6 Å². The number of rotatable bonds is 5. The summed E-state index contributed by atoms with van der Waals surface area (Å²) in [6.45, 7) is 3.72. The predicted octanol–water partition coefficient (Wildman–Crippen LogP) is 2.54. The average molecular weight is 242 g/mol. The van der Waals surface area contributed by atoms with Gasteiger partial charge >= 0.3 is 0 Å². The maximum atomic E-state index is 4.33. The lowest BCUT2D eigenvalue weighted by Gasteiger charge is -2.19. The lowest BCUT2D eigenvalue weighted by atomic mass is 10.3. The maximum Gasteiger partial charge on any atom is 0.127 e. The van der Waals surface area contributed by atoms with E-state index in [0.29, 0.717) is 0 Å². The molecule has 2 rings (SSSR count). The van der Waals surface area contributed by atoms with Crippen molar-refractivity contribution in [1.82, 2.24) is 9.97 Å². The van der Waals surface area contributed by atoms with Crippen LogP contribution in [0, 0.1) is 0 Å². The molecule has 0 fully saturated rings. The lowest BCUT2D eigenvalue weighted by Crippen LogP contribution is -2.17. The first-order valence-corrected chi connectivity index (χ1v) is 6.10. The van der Waals surface area contributed by atoms with Crippen LogP contribution in [0.3, 0.4) is 0 Å². The Bertz CT molecular complexity index is 484. The van der Waals surface area contributed by atoms with Crippen molar-refractivity contribution in [3.8, 4) is 0 Å². The number of anilines is 2. The third-order valence-corrected chi connectivity index (χ3v) is 2.67. The fourth-order valence-electron chi connectivity index (χ4n) is 1.76. The topological polar surface area (TPSA) is 41.0 Å². The third-order valence-electron chi connectivity index (χ3n) is 2.67. The van der Waals surface area contributed by atoms with Gasteiger partial charge in [0, 0.05) is 37.7 Å². The fourth-order valence-corrected chi connectivity index (χ4v) is 1.76. The predicted molar refractivity (Wildman–Crippen MR) is 74.7 cm³/mol. The zero-order valence-corrected chi connectivity index (χ0v) is 10.8. The smallest absolute Gasteiger partial charge is 0.127 e. The van der Waals surface area contributed by atoms with Gasteiger partial charge < -0.3 is 10.2 Å². The highest BCUT2D eigenvalue weighted by molar-refractivity contribution is 5.53. The summed E-state index contributed by atoms with van der Waals surface area (Å²) in [7, 11) is 2.06. The molecule has 0 saturated carbocycles. The Kier molecular flexibility index (Phi) is 4.12. The normalized spacial score (nSPS) is 10.1. The van der Waals surface area contributed by atoms with Crippen LogP contribution in [0.2, 0.25) is 0 Å². The van der Waals surface area contributed by atoms with E-state index in [0.717, 1.165) is 30.3 Å². The van der Waals surface area contributed by atoms with Crippen LogP contribution in [0.25, 0.3) is 0 Å². The Morgan fingerprint density at radius 1 is 1.17 bits per heavy atom. The van der Waals surface area contributed by atoms with E-state index in [-0.39, 0.29) is 0 Å². The van der Waals surface area contributed by atoms with Gasteiger partial charge in [0.2, 0.25) is 0 Å². The summed E-state index contributed by atoms with van der Waals surface area (Å²) in [4.78, 5) is 10.8. The van der Waals surface area contributed by atoms with E-state index in [1.54, 1.807) is 0 Å². The van der Waals surface area contributed by atoms with E-state index >= 15 is 0 Å². The standard InChI is InChI=1S/C14H18N4/c1-3-15-14-10-13(7-9-17-14)18(2)11-12-6-4-5-8-16-12/h4-10H,3,11H2,1-2H3,(H,15,17). The highest BCUT2D eigenvalue weighted by Crippen LogP contribution is 2.17. The minimum Gasteiger partial charge on any atom is -0.370 e. The molecule has 2 aromatic heterocycles. The van der Waals surface area contributed by atoms with Crippen LogP contribution >= 0.6 is 0 Å². The van der Waals surface area contributed by atoms with Gasteiger partial charge in [0.1, 0.15) is 5.82 Å². The molecule has 4 heteroatoms. The number of hydrogen-bond donors (Lipinski definition) is 1. The first-order chi connectivity index (χ1) is 8.79. The van der Waals surface area contributed by atoms with Crippen LogP contribution in [-0.2, 0) is 6.54 Å². The zero-order valence-electron chi connectivity index (χ0n) is 10.8.